The minimum Gasteiger partial charge on any atom is -0.490 e. The third-order valence-electron chi connectivity index (χ3n) is 2.03. The van der Waals surface area contributed by atoms with Gasteiger partial charge < -0.3 is 10.5 Å². The summed E-state index contributed by atoms with van der Waals surface area (Å²) in [5.74, 6) is 1.46. The van der Waals surface area contributed by atoms with Crippen molar-refractivity contribution in [3.8, 4) is 5.75 Å². The second-order valence-corrected chi connectivity index (χ2v) is 4.14. The van der Waals surface area contributed by atoms with Crippen molar-refractivity contribution in [2.75, 3.05) is 13.2 Å². The van der Waals surface area contributed by atoms with Crippen LogP contribution in [-0.2, 0) is 6.54 Å². The lowest BCUT2D eigenvalue weighted by atomic mass is 10.2. The van der Waals surface area contributed by atoms with E-state index in [1.54, 1.807) is 6.20 Å². The fourth-order valence-electron chi connectivity index (χ4n) is 1.33. The van der Waals surface area contributed by atoms with E-state index < -0.39 is 0 Å². The molecule has 0 spiro atoms. The van der Waals surface area contributed by atoms with Gasteiger partial charge in [-0.25, -0.2) is 0 Å². The Labute approximate surface area is 91.4 Å². The molecule has 4 heteroatoms. The van der Waals surface area contributed by atoms with E-state index in [0.29, 0.717) is 5.92 Å². The van der Waals surface area contributed by atoms with Crippen molar-refractivity contribution in [3.05, 3.63) is 12.4 Å². The number of hydrogen-bond donors (Lipinski definition) is 1. The van der Waals surface area contributed by atoms with Crippen LogP contribution < -0.4 is 10.5 Å². The van der Waals surface area contributed by atoms with Crippen molar-refractivity contribution >= 4 is 0 Å². The van der Waals surface area contributed by atoms with E-state index in [-0.39, 0.29) is 0 Å². The fourth-order valence-corrected chi connectivity index (χ4v) is 1.33. The second kappa shape index (κ2) is 6.45. The Morgan fingerprint density at radius 1 is 1.47 bits per heavy atom. The maximum atomic E-state index is 5.53. The van der Waals surface area contributed by atoms with E-state index in [9.17, 15) is 0 Å². The summed E-state index contributed by atoms with van der Waals surface area (Å²) in [6, 6.07) is 0. The molecule has 1 rings (SSSR count). The highest BCUT2D eigenvalue weighted by Gasteiger charge is 2.01. The Morgan fingerprint density at radius 2 is 2.27 bits per heavy atom. The molecule has 0 aliphatic heterocycles. The smallest absolute Gasteiger partial charge is 0.157 e. The number of rotatable bonds is 7. The van der Waals surface area contributed by atoms with Crippen LogP contribution in [0, 0.1) is 5.92 Å². The number of aromatic nitrogens is 2. The van der Waals surface area contributed by atoms with Gasteiger partial charge in [-0.2, -0.15) is 5.10 Å². The molecule has 0 radical (unpaired) electrons. The lowest BCUT2D eigenvalue weighted by Gasteiger charge is -2.04. The van der Waals surface area contributed by atoms with Crippen LogP contribution in [0.5, 0.6) is 5.75 Å². The SMILES string of the molecule is CC(C)Cn1cc(OCCCCN)cn1. The largest absolute Gasteiger partial charge is 0.490 e. The highest BCUT2D eigenvalue weighted by molar-refractivity contribution is 5.11. The first-order valence-corrected chi connectivity index (χ1v) is 5.57. The van der Waals surface area contributed by atoms with Crippen LogP contribution in [0.1, 0.15) is 26.7 Å². The molecular weight excluding hydrogens is 190 g/mol. The van der Waals surface area contributed by atoms with Gasteiger partial charge in [-0.1, -0.05) is 13.8 Å². The molecule has 86 valence electrons. The van der Waals surface area contributed by atoms with Crippen LogP contribution in [0.15, 0.2) is 12.4 Å². The van der Waals surface area contributed by atoms with Crippen LogP contribution >= 0.6 is 0 Å². The molecule has 0 unspecified atom stereocenters. The number of hydrogen-bond acceptors (Lipinski definition) is 3. The molecule has 0 saturated heterocycles. The molecule has 0 amide bonds. The van der Waals surface area contributed by atoms with Crippen LogP contribution in [0.3, 0.4) is 0 Å². The summed E-state index contributed by atoms with van der Waals surface area (Å²) in [4.78, 5) is 0. The zero-order valence-electron chi connectivity index (χ0n) is 9.65. The van der Waals surface area contributed by atoms with Crippen LogP contribution in [0.4, 0.5) is 0 Å². The first kappa shape index (κ1) is 12.0. The first-order valence-electron chi connectivity index (χ1n) is 5.57. The lowest BCUT2D eigenvalue weighted by Crippen LogP contribution is -2.04. The molecule has 0 fully saturated rings. The van der Waals surface area contributed by atoms with Crippen molar-refractivity contribution in [1.82, 2.24) is 9.78 Å². The summed E-state index contributed by atoms with van der Waals surface area (Å²) in [7, 11) is 0. The summed E-state index contributed by atoms with van der Waals surface area (Å²) < 4.78 is 7.45. The predicted octanol–water partition coefficient (Wildman–Crippen LogP) is 1.66. The third-order valence-corrected chi connectivity index (χ3v) is 2.03. The van der Waals surface area contributed by atoms with E-state index in [2.05, 4.69) is 18.9 Å². The number of unbranched alkanes of at least 4 members (excludes halogenated alkanes) is 1. The van der Waals surface area contributed by atoms with Gasteiger partial charge in [-0.05, 0) is 25.3 Å². The van der Waals surface area contributed by atoms with Gasteiger partial charge in [-0.15, -0.1) is 0 Å². The van der Waals surface area contributed by atoms with Gasteiger partial charge in [0.05, 0.1) is 19.0 Å². The summed E-state index contributed by atoms with van der Waals surface area (Å²) in [5.41, 5.74) is 5.39. The third kappa shape index (κ3) is 4.83. The highest BCUT2D eigenvalue weighted by Crippen LogP contribution is 2.10. The monoisotopic (exact) mass is 211 g/mol. The molecule has 0 aliphatic carbocycles. The first-order chi connectivity index (χ1) is 7.22. The fraction of sp³-hybridized carbons (Fsp3) is 0.727. The molecule has 15 heavy (non-hydrogen) atoms. The van der Waals surface area contributed by atoms with E-state index in [0.717, 1.165) is 38.3 Å². The summed E-state index contributed by atoms with van der Waals surface area (Å²) in [5, 5.41) is 4.22. The molecule has 0 saturated carbocycles. The zero-order chi connectivity index (χ0) is 11.1. The molecule has 0 atom stereocenters. The zero-order valence-corrected chi connectivity index (χ0v) is 9.65. The Hall–Kier alpha value is -1.03. The Balaban J connectivity index is 2.26. The summed E-state index contributed by atoms with van der Waals surface area (Å²) >= 11 is 0. The van der Waals surface area contributed by atoms with Gasteiger partial charge in [0.2, 0.25) is 0 Å². The Bertz CT molecular complexity index is 271. The topological polar surface area (TPSA) is 53.1 Å². The van der Waals surface area contributed by atoms with Crippen LogP contribution in [0.25, 0.3) is 0 Å². The van der Waals surface area contributed by atoms with Gasteiger partial charge >= 0.3 is 0 Å². The number of ether oxygens (including phenoxy) is 1. The quantitative estimate of drug-likeness (QED) is 0.698. The molecule has 0 bridgehead atoms. The molecule has 1 heterocycles. The normalized spacial score (nSPS) is 10.9. The average molecular weight is 211 g/mol. The van der Waals surface area contributed by atoms with Crippen molar-refractivity contribution in [2.24, 2.45) is 11.7 Å². The van der Waals surface area contributed by atoms with E-state index in [4.69, 9.17) is 10.5 Å². The molecule has 1 aromatic rings. The minimum absolute atomic E-state index is 0.606. The highest BCUT2D eigenvalue weighted by atomic mass is 16.5. The van der Waals surface area contributed by atoms with E-state index in [1.165, 1.54) is 0 Å². The average Bonchev–Trinajstić information content (AvgIpc) is 2.59. The minimum atomic E-state index is 0.606. The van der Waals surface area contributed by atoms with Crippen LogP contribution in [-0.4, -0.2) is 22.9 Å². The van der Waals surface area contributed by atoms with Crippen molar-refractivity contribution in [1.29, 1.82) is 0 Å². The second-order valence-electron chi connectivity index (χ2n) is 4.14. The molecule has 2 N–H and O–H groups in total. The molecule has 0 aliphatic rings. The molecule has 0 aromatic carbocycles. The van der Waals surface area contributed by atoms with Crippen molar-refractivity contribution in [2.45, 2.75) is 33.2 Å². The number of nitrogens with two attached hydrogens (primary N) is 1. The van der Waals surface area contributed by atoms with Gasteiger partial charge in [0, 0.05) is 6.54 Å². The molecular formula is C11H21N3O. The van der Waals surface area contributed by atoms with E-state index in [1.807, 2.05) is 10.9 Å². The van der Waals surface area contributed by atoms with Crippen molar-refractivity contribution < 1.29 is 4.74 Å². The number of nitrogens with zero attached hydrogens (tertiary/aromatic N) is 2. The Kier molecular flexibility index (Phi) is 5.18. The molecule has 4 nitrogen and oxygen atoms in total. The summed E-state index contributed by atoms with van der Waals surface area (Å²) in [6.45, 7) is 6.74. The Morgan fingerprint density at radius 3 is 2.93 bits per heavy atom. The predicted molar refractivity (Wildman–Crippen MR) is 60.8 cm³/mol. The maximum absolute atomic E-state index is 5.53. The van der Waals surface area contributed by atoms with Gasteiger partial charge in [0.25, 0.3) is 0 Å². The van der Waals surface area contributed by atoms with Gasteiger partial charge in [0.15, 0.2) is 5.75 Å². The van der Waals surface area contributed by atoms with Crippen molar-refractivity contribution in [3.63, 3.8) is 0 Å². The molecule has 1 aromatic heterocycles. The van der Waals surface area contributed by atoms with Crippen LogP contribution in [0.2, 0.25) is 0 Å². The summed E-state index contributed by atoms with van der Waals surface area (Å²) in [6.07, 6.45) is 5.74. The van der Waals surface area contributed by atoms with Gasteiger partial charge in [0.1, 0.15) is 0 Å². The maximum Gasteiger partial charge on any atom is 0.157 e. The van der Waals surface area contributed by atoms with Gasteiger partial charge in [-0.3, -0.25) is 4.68 Å². The van der Waals surface area contributed by atoms with E-state index >= 15 is 0 Å². The lowest BCUT2D eigenvalue weighted by molar-refractivity contribution is 0.307. The standard InChI is InChI=1S/C11H21N3O/c1-10(2)8-14-9-11(7-13-14)15-6-4-3-5-12/h7,9-10H,3-6,8,12H2,1-2H3.